The minimum absolute atomic E-state index is 0.203. The highest BCUT2D eigenvalue weighted by Crippen LogP contribution is 2.22. The Morgan fingerprint density at radius 2 is 1.95 bits per heavy atom. The van der Waals surface area contributed by atoms with Crippen LogP contribution in [0.25, 0.3) is 0 Å². The predicted molar refractivity (Wildman–Crippen MR) is 89.0 cm³/mol. The van der Waals surface area contributed by atoms with Gasteiger partial charge in [0.05, 0.1) is 12.4 Å². The summed E-state index contributed by atoms with van der Waals surface area (Å²) >= 11 is 3.29. The van der Waals surface area contributed by atoms with Crippen LogP contribution in [0, 0.1) is 0 Å². The van der Waals surface area contributed by atoms with Gasteiger partial charge in [-0.1, -0.05) is 0 Å². The van der Waals surface area contributed by atoms with E-state index in [4.69, 9.17) is 4.74 Å². The van der Waals surface area contributed by atoms with Gasteiger partial charge >= 0.3 is 6.09 Å². The Labute approximate surface area is 140 Å². The number of rotatable bonds is 2. The van der Waals surface area contributed by atoms with Crippen LogP contribution in [0.5, 0.6) is 0 Å². The maximum Gasteiger partial charge on any atom is 0.410 e. The number of anilines is 1. The summed E-state index contributed by atoms with van der Waals surface area (Å²) < 4.78 is 6.16. The van der Waals surface area contributed by atoms with Crippen molar-refractivity contribution in [3.63, 3.8) is 0 Å². The summed E-state index contributed by atoms with van der Waals surface area (Å²) in [5.74, 6) is 0.876. The predicted octanol–water partition coefficient (Wildman–Crippen LogP) is 3.07. The smallest absolute Gasteiger partial charge is 0.410 e. The SMILES string of the molecule is CN(C(=O)OC(C)(C)C)C1CCN(c2cnc(Br)cn2)CC1. The Bertz CT molecular complexity index is 507. The van der Waals surface area contributed by atoms with E-state index < -0.39 is 5.60 Å². The van der Waals surface area contributed by atoms with Crippen LogP contribution in [0.2, 0.25) is 0 Å². The Hall–Kier alpha value is -1.37. The minimum Gasteiger partial charge on any atom is -0.444 e. The molecular formula is C15H23BrN4O2. The van der Waals surface area contributed by atoms with Gasteiger partial charge in [0.2, 0.25) is 0 Å². The molecule has 1 aromatic rings. The monoisotopic (exact) mass is 370 g/mol. The molecule has 0 unspecified atom stereocenters. The second-order valence-corrected chi connectivity index (χ2v) is 7.32. The molecule has 7 heteroatoms. The fraction of sp³-hybridized carbons (Fsp3) is 0.667. The van der Waals surface area contributed by atoms with Crippen molar-refractivity contribution in [2.24, 2.45) is 0 Å². The van der Waals surface area contributed by atoms with Crippen molar-refractivity contribution in [2.45, 2.75) is 45.3 Å². The second kappa shape index (κ2) is 6.81. The molecule has 1 saturated heterocycles. The Balaban J connectivity index is 1.88. The molecule has 1 amide bonds. The molecule has 2 heterocycles. The van der Waals surface area contributed by atoms with Gasteiger partial charge in [0.1, 0.15) is 16.0 Å². The second-order valence-electron chi connectivity index (χ2n) is 6.51. The van der Waals surface area contributed by atoms with Crippen LogP contribution in [-0.4, -0.2) is 52.7 Å². The molecule has 0 aliphatic carbocycles. The van der Waals surface area contributed by atoms with E-state index in [9.17, 15) is 4.79 Å². The van der Waals surface area contributed by atoms with E-state index in [0.29, 0.717) is 0 Å². The van der Waals surface area contributed by atoms with Crippen LogP contribution in [0.4, 0.5) is 10.6 Å². The number of hydrogen-bond donors (Lipinski definition) is 0. The molecule has 0 radical (unpaired) electrons. The lowest BCUT2D eigenvalue weighted by molar-refractivity contribution is 0.0201. The lowest BCUT2D eigenvalue weighted by Gasteiger charge is -2.37. The third-order valence-electron chi connectivity index (χ3n) is 3.62. The van der Waals surface area contributed by atoms with E-state index >= 15 is 0 Å². The van der Waals surface area contributed by atoms with E-state index in [-0.39, 0.29) is 12.1 Å². The van der Waals surface area contributed by atoms with Crippen molar-refractivity contribution in [1.82, 2.24) is 14.9 Å². The molecule has 0 spiro atoms. The highest BCUT2D eigenvalue weighted by molar-refractivity contribution is 9.10. The normalized spacial score (nSPS) is 16.5. The van der Waals surface area contributed by atoms with Crippen molar-refractivity contribution < 1.29 is 9.53 Å². The standard InChI is InChI=1S/C15H23BrN4O2/c1-15(2,3)22-14(21)19(4)11-5-7-20(8-6-11)13-10-17-12(16)9-18-13/h9-11H,5-8H2,1-4H3. The molecule has 122 valence electrons. The molecule has 6 nitrogen and oxygen atoms in total. The quantitative estimate of drug-likeness (QED) is 0.800. The molecule has 22 heavy (non-hydrogen) atoms. The summed E-state index contributed by atoms with van der Waals surface area (Å²) in [6.07, 6.45) is 5.01. The average Bonchev–Trinajstić information content (AvgIpc) is 2.46. The largest absolute Gasteiger partial charge is 0.444 e. The summed E-state index contributed by atoms with van der Waals surface area (Å²) in [6.45, 7) is 7.36. The van der Waals surface area contributed by atoms with E-state index in [1.54, 1.807) is 17.3 Å². The van der Waals surface area contributed by atoms with Crippen LogP contribution in [0.15, 0.2) is 17.0 Å². The molecule has 1 aromatic heterocycles. The van der Waals surface area contributed by atoms with E-state index in [0.717, 1.165) is 36.4 Å². The lowest BCUT2D eigenvalue weighted by Crippen LogP contribution is -2.47. The molecule has 1 aliphatic heterocycles. The van der Waals surface area contributed by atoms with Gasteiger partial charge in [0.25, 0.3) is 0 Å². The van der Waals surface area contributed by atoms with Crippen molar-refractivity contribution in [3.8, 4) is 0 Å². The topological polar surface area (TPSA) is 58.6 Å². The van der Waals surface area contributed by atoms with Crippen molar-refractivity contribution >= 4 is 27.8 Å². The van der Waals surface area contributed by atoms with Crippen molar-refractivity contribution in [1.29, 1.82) is 0 Å². The fourth-order valence-corrected chi connectivity index (χ4v) is 2.64. The summed E-state index contributed by atoms with van der Waals surface area (Å²) in [4.78, 5) is 24.6. The zero-order valence-electron chi connectivity index (χ0n) is 13.5. The molecule has 1 fully saturated rings. The van der Waals surface area contributed by atoms with Crippen LogP contribution >= 0.6 is 15.9 Å². The molecule has 0 atom stereocenters. The van der Waals surface area contributed by atoms with Gasteiger partial charge in [0, 0.05) is 26.2 Å². The van der Waals surface area contributed by atoms with Crippen molar-refractivity contribution in [2.75, 3.05) is 25.0 Å². The zero-order valence-corrected chi connectivity index (χ0v) is 15.1. The highest BCUT2D eigenvalue weighted by atomic mass is 79.9. The van der Waals surface area contributed by atoms with E-state index in [1.165, 1.54) is 0 Å². The summed E-state index contributed by atoms with van der Waals surface area (Å²) in [6, 6.07) is 0.203. The number of carbonyl (C=O) groups excluding carboxylic acids is 1. The molecular weight excluding hydrogens is 348 g/mol. The van der Waals surface area contributed by atoms with Crippen LogP contribution in [0.1, 0.15) is 33.6 Å². The first-order valence-corrected chi connectivity index (χ1v) is 8.24. The number of halogens is 1. The third-order valence-corrected chi connectivity index (χ3v) is 4.03. The first kappa shape index (κ1) is 17.0. The van der Waals surface area contributed by atoms with Gasteiger partial charge in [0.15, 0.2) is 0 Å². The molecule has 0 N–H and O–H groups in total. The number of nitrogens with zero attached hydrogens (tertiary/aromatic N) is 4. The fourth-order valence-electron chi connectivity index (χ4n) is 2.43. The number of amides is 1. The Morgan fingerprint density at radius 3 is 2.45 bits per heavy atom. The number of carbonyl (C=O) groups is 1. The number of hydrogen-bond acceptors (Lipinski definition) is 5. The van der Waals surface area contributed by atoms with Gasteiger partial charge in [-0.3, -0.25) is 0 Å². The summed E-state index contributed by atoms with van der Waals surface area (Å²) in [5.41, 5.74) is -0.459. The highest BCUT2D eigenvalue weighted by Gasteiger charge is 2.28. The van der Waals surface area contributed by atoms with Crippen LogP contribution in [-0.2, 0) is 4.74 Å². The Kier molecular flexibility index (Phi) is 5.26. The van der Waals surface area contributed by atoms with Gasteiger partial charge in [-0.2, -0.15) is 0 Å². The zero-order chi connectivity index (χ0) is 16.3. The summed E-state index contributed by atoms with van der Waals surface area (Å²) in [7, 11) is 1.81. The van der Waals surface area contributed by atoms with Gasteiger partial charge in [-0.05, 0) is 49.5 Å². The van der Waals surface area contributed by atoms with Gasteiger partial charge in [-0.25, -0.2) is 14.8 Å². The Morgan fingerprint density at radius 1 is 1.32 bits per heavy atom. The average molecular weight is 371 g/mol. The molecule has 0 aromatic carbocycles. The summed E-state index contributed by atoms with van der Waals surface area (Å²) in [5, 5.41) is 0. The number of aromatic nitrogens is 2. The number of ether oxygens (including phenoxy) is 1. The molecule has 1 aliphatic rings. The van der Waals surface area contributed by atoms with Crippen molar-refractivity contribution in [3.05, 3.63) is 17.0 Å². The van der Waals surface area contributed by atoms with Gasteiger partial charge < -0.3 is 14.5 Å². The third kappa shape index (κ3) is 4.56. The minimum atomic E-state index is -0.459. The maximum absolute atomic E-state index is 12.1. The van der Waals surface area contributed by atoms with E-state index in [2.05, 4.69) is 30.8 Å². The number of piperidine rings is 1. The molecule has 0 bridgehead atoms. The van der Waals surface area contributed by atoms with Gasteiger partial charge in [-0.15, -0.1) is 0 Å². The molecule has 2 rings (SSSR count). The first-order chi connectivity index (χ1) is 10.3. The van der Waals surface area contributed by atoms with Crippen LogP contribution in [0.3, 0.4) is 0 Å². The molecule has 0 saturated carbocycles. The van der Waals surface area contributed by atoms with E-state index in [1.807, 2.05) is 27.8 Å². The van der Waals surface area contributed by atoms with Crippen LogP contribution < -0.4 is 4.90 Å². The lowest BCUT2D eigenvalue weighted by atomic mass is 10.0. The maximum atomic E-state index is 12.1. The first-order valence-electron chi connectivity index (χ1n) is 7.44.